The van der Waals surface area contributed by atoms with Crippen LogP contribution in [0.1, 0.15) is 16.1 Å². The van der Waals surface area contributed by atoms with Gasteiger partial charge < -0.3 is 9.52 Å². The van der Waals surface area contributed by atoms with E-state index in [1.165, 1.54) is 0 Å². The summed E-state index contributed by atoms with van der Waals surface area (Å²) >= 11 is 6.19. The Morgan fingerprint density at radius 3 is 2.48 bits per heavy atom. The first kappa shape index (κ1) is 16.1. The van der Waals surface area contributed by atoms with E-state index in [-0.39, 0.29) is 9.56 Å². The number of aromatic carboxylic acids is 1. The van der Waals surface area contributed by atoms with Gasteiger partial charge in [-0.05, 0) is 46.6 Å². The molecule has 0 saturated carbocycles. The average Bonchev–Trinajstić information content (AvgIpc) is 2.76. The number of carbonyl (C=O) groups is 1. The second-order valence-corrected chi connectivity index (χ2v) is 7.41. The molecule has 0 aliphatic heterocycles. The second-order valence-electron chi connectivity index (χ2n) is 4.12. The fraction of sp³-hybridized carbons (Fsp3) is 0.0833. The van der Waals surface area contributed by atoms with Gasteiger partial charge in [-0.15, -0.1) is 0 Å². The summed E-state index contributed by atoms with van der Waals surface area (Å²) in [5.74, 6) is -1.81. The number of carboxylic acid groups (broad SMARTS) is 1. The molecule has 2 rings (SSSR count). The highest BCUT2D eigenvalue weighted by Crippen LogP contribution is 2.29. The molecule has 21 heavy (non-hydrogen) atoms. The molecule has 0 saturated heterocycles. The number of nitrogens with one attached hydrogen (secondary N) is 1. The van der Waals surface area contributed by atoms with Gasteiger partial charge in [0.15, 0.2) is 4.67 Å². The van der Waals surface area contributed by atoms with E-state index in [0.717, 1.165) is 10.5 Å². The van der Waals surface area contributed by atoms with E-state index in [0.29, 0.717) is 11.3 Å². The Morgan fingerprint density at radius 1 is 1.29 bits per heavy atom. The monoisotopic (exact) mass is 437 g/mol. The quantitative estimate of drug-likeness (QED) is 0.759. The van der Waals surface area contributed by atoms with Crippen molar-refractivity contribution in [2.24, 2.45) is 0 Å². The lowest BCUT2D eigenvalue weighted by Crippen LogP contribution is -2.13. The normalized spacial score (nSPS) is 11.4. The van der Waals surface area contributed by atoms with Gasteiger partial charge in [-0.1, -0.05) is 15.9 Å². The van der Waals surface area contributed by atoms with Crippen molar-refractivity contribution in [3.8, 4) is 0 Å². The van der Waals surface area contributed by atoms with E-state index in [1.54, 1.807) is 25.1 Å². The Labute approximate surface area is 137 Å². The van der Waals surface area contributed by atoms with Gasteiger partial charge in [0.05, 0.1) is 5.69 Å². The van der Waals surface area contributed by atoms with Crippen LogP contribution < -0.4 is 4.72 Å². The van der Waals surface area contributed by atoms with E-state index in [4.69, 9.17) is 9.52 Å². The predicted molar refractivity (Wildman–Crippen MR) is 83.1 cm³/mol. The SMILES string of the molecule is Cc1cc(Br)ccc1NS(=O)(=O)c1cc(C(=O)O)oc1Br. The molecule has 0 spiro atoms. The van der Waals surface area contributed by atoms with Crippen LogP contribution >= 0.6 is 31.9 Å². The third-order valence-electron chi connectivity index (χ3n) is 2.59. The molecular weight excluding hydrogens is 430 g/mol. The highest BCUT2D eigenvalue weighted by atomic mass is 79.9. The molecule has 0 radical (unpaired) electrons. The lowest BCUT2D eigenvalue weighted by molar-refractivity contribution is 0.0661. The number of furan rings is 1. The van der Waals surface area contributed by atoms with E-state index < -0.39 is 21.8 Å². The number of hydrogen-bond acceptors (Lipinski definition) is 4. The minimum atomic E-state index is -3.96. The van der Waals surface area contributed by atoms with Crippen LogP contribution in [0.25, 0.3) is 0 Å². The summed E-state index contributed by atoms with van der Waals surface area (Å²) in [5, 5.41) is 8.82. The largest absolute Gasteiger partial charge is 0.475 e. The number of anilines is 1. The molecule has 1 heterocycles. The first-order chi connectivity index (χ1) is 9.70. The summed E-state index contributed by atoms with van der Waals surface area (Å²) in [6.07, 6.45) is 0. The fourth-order valence-corrected chi connectivity index (χ4v) is 4.13. The van der Waals surface area contributed by atoms with Crippen LogP contribution in [-0.4, -0.2) is 19.5 Å². The van der Waals surface area contributed by atoms with Crippen LogP contribution in [0.5, 0.6) is 0 Å². The van der Waals surface area contributed by atoms with Crippen molar-refractivity contribution >= 4 is 53.5 Å². The van der Waals surface area contributed by atoms with Crippen molar-refractivity contribution in [1.29, 1.82) is 0 Å². The predicted octanol–water partition coefficient (Wildman–Crippen LogP) is 3.61. The van der Waals surface area contributed by atoms with Gasteiger partial charge in [-0.2, -0.15) is 0 Å². The molecular formula is C12H9Br2NO5S. The number of sulfonamides is 1. The number of rotatable bonds is 4. The van der Waals surface area contributed by atoms with Crippen LogP contribution in [0, 0.1) is 6.92 Å². The Balaban J connectivity index is 2.41. The molecule has 0 unspecified atom stereocenters. The van der Waals surface area contributed by atoms with Crippen molar-refractivity contribution in [3.63, 3.8) is 0 Å². The van der Waals surface area contributed by atoms with Crippen LogP contribution in [-0.2, 0) is 10.0 Å². The number of carboxylic acids is 1. The first-order valence-electron chi connectivity index (χ1n) is 5.52. The average molecular weight is 439 g/mol. The molecule has 6 nitrogen and oxygen atoms in total. The van der Waals surface area contributed by atoms with Crippen LogP contribution in [0.4, 0.5) is 5.69 Å². The molecule has 0 bridgehead atoms. The number of aryl methyl sites for hydroxylation is 1. The van der Waals surface area contributed by atoms with Gasteiger partial charge in [-0.25, -0.2) is 13.2 Å². The Bertz CT molecular complexity index is 813. The minimum Gasteiger partial charge on any atom is -0.475 e. The standard InChI is InChI=1S/C12H9Br2NO5S/c1-6-4-7(13)2-3-8(6)15-21(18,19)10-5-9(12(16)17)20-11(10)14/h2-5,15H,1H3,(H,16,17). The third kappa shape index (κ3) is 3.47. The number of benzene rings is 1. The highest BCUT2D eigenvalue weighted by Gasteiger charge is 2.25. The molecule has 0 atom stereocenters. The summed E-state index contributed by atoms with van der Waals surface area (Å²) in [6.45, 7) is 1.75. The molecule has 2 aromatic rings. The maximum atomic E-state index is 12.3. The van der Waals surface area contributed by atoms with Gasteiger partial charge in [0.25, 0.3) is 10.0 Å². The highest BCUT2D eigenvalue weighted by molar-refractivity contribution is 9.10. The van der Waals surface area contributed by atoms with Gasteiger partial charge in [0, 0.05) is 10.5 Å². The fourth-order valence-electron chi connectivity index (χ4n) is 1.58. The topological polar surface area (TPSA) is 96.6 Å². The Kier molecular flexibility index (Phi) is 4.45. The molecule has 1 aromatic carbocycles. The zero-order valence-electron chi connectivity index (χ0n) is 10.6. The third-order valence-corrected chi connectivity index (χ3v) is 5.30. The summed E-state index contributed by atoms with van der Waals surface area (Å²) in [4.78, 5) is 10.5. The lowest BCUT2D eigenvalue weighted by Gasteiger charge is -2.09. The van der Waals surface area contributed by atoms with E-state index in [2.05, 4.69) is 36.6 Å². The molecule has 0 fully saturated rings. The molecule has 0 aliphatic carbocycles. The summed E-state index contributed by atoms with van der Waals surface area (Å²) < 4.78 is 32.5. The van der Waals surface area contributed by atoms with Crippen molar-refractivity contribution in [2.75, 3.05) is 4.72 Å². The maximum Gasteiger partial charge on any atom is 0.371 e. The van der Waals surface area contributed by atoms with Crippen molar-refractivity contribution in [3.05, 3.63) is 44.7 Å². The Morgan fingerprint density at radius 2 is 1.95 bits per heavy atom. The molecule has 2 N–H and O–H groups in total. The van der Waals surface area contributed by atoms with Crippen LogP contribution in [0.2, 0.25) is 0 Å². The number of halogens is 2. The number of hydrogen-bond donors (Lipinski definition) is 2. The van der Waals surface area contributed by atoms with E-state index in [9.17, 15) is 13.2 Å². The molecule has 0 amide bonds. The van der Waals surface area contributed by atoms with Gasteiger partial charge in [-0.3, -0.25) is 4.72 Å². The van der Waals surface area contributed by atoms with Gasteiger partial charge in [0.2, 0.25) is 5.76 Å². The van der Waals surface area contributed by atoms with E-state index in [1.807, 2.05) is 0 Å². The van der Waals surface area contributed by atoms with Crippen LogP contribution in [0.3, 0.4) is 0 Å². The first-order valence-corrected chi connectivity index (χ1v) is 8.59. The molecule has 112 valence electrons. The van der Waals surface area contributed by atoms with Crippen LogP contribution in [0.15, 0.2) is 42.7 Å². The zero-order chi connectivity index (χ0) is 15.8. The van der Waals surface area contributed by atoms with Crippen molar-refractivity contribution in [2.45, 2.75) is 11.8 Å². The lowest BCUT2D eigenvalue weighted by atomic mass is 10.2. The molecule has 9 heteroatoms. The smallest absolute Gasteiger partial charge is 0.371 e. The minimum absolute atomic E-state index is 0.165. The summed E-state index contributed by atoms with van der Waals surface area (Å²) in [5.41, 5.74) is 1.11. The van der Waals surface area contributed by atoms with Crippen molar-refractivity contribution in [1.82, 2.24) is 0 Å². The maximum absolute atomic E-state index is 12.3. The molecule has 0 aliphatic rings. The Hall–Kier alpha value is -1.32. The van der Waals surface area contributed by atoms with Gasteiger partial charge in [0.1, 0.15) is 4.90 Å². The zero-order valence-corrected chi connectivity index (χ0v) is 14.5. The molecule has 1 aromatic heterocycles. The van der Waals surface area contributed by atoms with Gasteiger partial charge >= 0.3 is 5.97 Å². The summed E-state index contributed by atoms with van der Waals surface area (Å²) in [6, 6.07) is 5.99. The summed E-state index contributed by atoms with van der Waals surface area (Å²) in [7, 11) is -3.96. The van der Waals surface area contributed by atoms with E-state index >= 15 is 0 Å². The second kappa shape index (κ2) is 5.82. The van der Waals surface area contributed by atoms with Crippen molar-refractivity contribution < 1.29 is 22.7 Å².